The maximum Gasteiger partial charge on any atom is 0.235 e. The van der Waals surface area contributed by atoms with Crippen molar-refractivity contribution in [2.24, 2.45) is 5.73 Å². The maximum atomic E-state index is 12.0. The van der Waals surface area contributed by atoms with Gasteiger partial charge in [0.05, 0.1) is 4.90 Å². The summed E-state index contributed by atoms with van der Waals surface area (Å²) in [5, 5.41) is -1.20. The first-order valence-corrected chi connectivity index (χ1v) is 6.94. The molecule has 0 saturated carbocycles. The number of nitrogens with two attached hydrogens (primary N) is 1. The second-order valence-electron chi connectivity index (χ2n) is 4.31. The molecule has 17 heavy (non-hydrogen) atoms. The molecule has 0 bridgehead atoms. The molecule has 0 aliphatic heterocycles. The fourth-order valence-electron chi connectivity index (χ4n) is 1.40. The summed E-state index contributed by atoms with van der Waals surface area (Å²) in [6.45, 7) is 5.35. The third-order valence-corrected chi connectivity index (χ3v) is 4.83. The Morgan fingerprint density at radius 3 is 1.94 bits per heavy atom. The Morgan fingerprint density at radius 2 is 1.59 bits per heavy atom. The number of hydrogen-bond acceptors (Lipinski definition) is 3. The molecule has 0 aliphatic carbocycles. The van der Waals surface area contributed by atoms with E-state index in [9.17, 15) is 13.2 Å². The smallest absolute Gasteiger partial charge is 0.235 e. The van der Waals surface area contributed by atoms with Crippen LogP contribution in [0.1, 0.15) is 32.3 Å². The molecule has 0 aliphatic rings. The van der Waals surface area contributed by atoms with E-state index in [0.29, 0.717) is 5.92 Å². The van der Waals surface area contributed by atoms with Gasteiger partial charge in [0, 0.05) is 0 Å². The third-order valence-electron chi connectivity index (χ3n) is 2.74. The van der Waals surface area contributed by atoms with Gasteiger partial charge < -0.3 is 5.73 Å². The minimum absolute atomic E-state index is 0.133. The second kappa shape index (κ2) is 4.87. The van der Waals surface area contributed by atoms with Gasteiger partial charge in [0.25, 0.3) is 0 Å². The first-order chi connectivity index (χ1) is 7.76. The van der Waals surface area contributed by atoms with Gasteiger partial charge in [-0.25, -0.2) is 8.42 Å². The topological polar surface area (TPSA) is 77.2 Å². The van der Waals surface area contributed by atoms with Gasteiger partial charge >= 0.3 is 0 Å². The van der Waals surface area contributed by atoms with Gasteiger partial charge in [0.1, 0.15) is 5.25 Å². The summed E-state index contributed by atoms with van der Waals surface area (Å²) in [5.41, 5.74) is 6.07. The average Bonchev–Trinajstić information content (AvgIpc) is 2.27. The lowest BCUT2D eigenvalue weighted by molar-refractivity contribution is -0.117. The number of carbonyl (C=O) groups excluding carboxylic acids is 1. The van der Waals surface area contributed by atoms with E-state index in [2.05, 4.69) is 0 Å². The average molecular weight is 255 g/mol. The molecule has 0 heterocycles. The first-order valence-electron chi connectivity index (χ1n) is 5.40. The first kappa shape index (κ1) is 13.7. The molecule has 5 heteroatoms. The quantitative estimate of drug-likeness (QED) is 0.884. The molecular formula is C12H17NO3S. The van der Waals surface area contributed by atoms with Crippen LogP contribution in [-0.2, 0) is 14.6 Å². The Balaban J connectivity index is 3.13. The molecule has 1 aromatic rings. The van der Waals surface area contributed by atoms with E-state index >= 15 is 0 Å². The Labute approximate surface area is 102 Å². The summed E-state index contributed by atoms with van der Waals surface area (Å²) >= 11 is 0. The molecule has 1 rings (SSSR count). The molecule has 0 saturated heterocycles. The Kier molecular flexibility index (Phi) is 3.93. The highest BCUT2D eigenvalue weighted by Crippen LogP contribution is 2.20. The minimum Gasteiger partial charge on any atom is -0.369 e. The van der Waals surface area contributed by atoms with Crippen molar-refractivity contribution in [3.8, 4) is 0 Å². The summed E-state index contributed by atoms with van der Waals surface area (Å²) in [6, 6.07) is 6.55. The summed E-state index contributed by atoms with van der Waals surface area (Å²) in [7, 11) is -3.66. The van der Waals surface area contributed by atoms with Crippen molar-refractivity contribution in [1.82, 2.24) is 0 Å². The van der Waals surface area contributed by atoms with Crippen LogP contribution in [-0.4, -0.2) is 19.6 Å². The monoisotopic (exact) mass is 255 g/mol. The van der Waals surface area contributed by atoms with Crippen LogP contribution in [0.25, 0.3) is 0 Å². The van der Waals surface area contributed by atoms with Crippen LogP contribution in [0.3, 0.4) is 0 Å². The fourth-order valence-corrected chi connectivity index (χ4v) is 2.63. The van der Waals surface area contributed by atoms with Gasteiger partial charge in [-0.15, -0.1) is 0 Å². The van der Waals surface area contributed by atoms with Crippen LogP contribution < -0.4 is 5.73 Å². The predicted molar refractivity (Wildman–Crippen MR) is 66.4 cm³/mol. The molecule has 1 aromatic carbocycles. The molecule has 2 N–H and O–H groups in total. The van der Waals surface area contributed by atoms with Crippen molar-refractivity contribution < 1.29 is 13.2 Å². The highest BCUT2D eigenvalue weighted by molar-refractivity contribution is 7.92. The molecule has 94 valence electrons. The lowest BCUT2D eigenvalue weighted by Crippen LogP contribution is -2.33. The van der Waals surface area contributed by atoms with Gasteiger partial charge in [0.15, 0.2) is 9.84 Å². The van der Waals surface area contributed by atoms with E-state index in [1.807, 2.05) is 13.8 Å². The molecular weight excluding hydrogens is 238 g/mol. The zero-order valence-electron chi connectivity index (χ0n) is 10.2. The summed E-state index contributed by atoms with van der Waals surface area (Å²) in [4.78, 5) is 11.1. The van der Waals surface area contributed by atoms with E-state index in [-0.39, 0.29) is 4.90 Å². The van der Waals surface area contributed by atoms with Gasteiger partial charge in [0.2, 0.25) is 5.91 Å². The standard InChI is InChI=1S/C12H17NO3S/c1-8(2)10-4-6-11(7-5-10)17(15,16)9(3)12(13)14/h4-9H,1-3H3,(H2,13,14)/t9-/m1/s1. The fraction of sp³-hybridized carbons (Fsp3) is 0.417. The van der Waals surface area contributed by atoms with Crippen molar-refractivity contribution in [2.75, 3.05) is 0 Å². The third kappa shape index (κ3) is 2.85. The number of rotatable bonds is 4. The SMILES string of the molecule is CC(C)c1ccc(S(=O)(=O)[C@H](C)C(N)=O)cc1. The molecule has 0 spiro atoms. The van der Waals surface area contributed by atoms with E-state index in [0.717, 1.165) is 5.56 Å². The zero-order chi connectivity index (χ0) is 13.2. The predicted octanol–water partition coefficient (Wildman–Crippen LogP) is 1.46. The van der Waals surface area contributed by atoms with Crippen molar-refractivity contribution >= 4 is 15.7 Å². The molecule has 0 aromatic heterocycles. The van der Waals surface area contributed by atoms with Gasteiger partial charge in [-0.2, -0.15) is 0 Å². The number of carbonyl (C=O) groups is 1. The lowest BCUT2D eigenvalue weighted by atomic mass is 10.0. The Bertz CT molecular complexity index is 503. The summed E-state index contributed by atoms with van der Waals surface area (Å²) in [5.74, 6) is -0.502. The molecule has 1 amide bonds. The molecule has 0 unspecified atom stereocenters. The highest BCUT2D eigenvalue weighted by Gasteiger charge is 2.27. The van der Waals surface area contributed by atoms with Crippen LogP contribution in [0.2, 0.25) is 0 Å². The van der Waals surface area contributed by atoms with Crippen LogP contribution in [0, 0.1) is 0 Å². The van der Waals surface area contributed by atoms with Crippen LogP contribution in [0.5, 0.6) is 0 Å². The van der Waals surface area contributed by atoms with Gasteiger partial charge in [-0.3, -0.25) is 4.79 Å². The molecule has 0 radical (unpaired) electrons. The zero-order valence-corrected chi connectivity index (χ0v) is 11.0. The Morgan fingerprint density at radius 1 is 1.12 bits per heavy atom. The number of primary amides is 1. The maximum absolute atomic E-state index is 12.0. The number of sulfone groups is 1. The van der Waals surface area contributed by atoms with Crippen LogP contribution in [0.15, 0.2) is 29.2 Å². The molecule has 4 nitrogen and oxygen atoms in total. The van der Waals surface area contributed by atoms with Crippen molar-refractivity contribution in [3.05, 3.63) is 29.8 Å². The van der Waals surface area contributed by atoms with Crippen LogP contribution in [0.4, 0.5) is 0 Å². The lowest BCUT2D eigenvalue weighted by Gasteiger charge is -2.11. The van der Waals surface area contributed by atoms with E-state index in [4.69, 9.17) is 5.73 Å². The largest absolute Gasteiger partial charge is 0.369 e. The van der Waals surface area contributed by atoms with Crippen molar-refractivity contribution in [3.63, 3.8) is 0 Å². The Hall–Kier alpha value is -1.36. The number of benzene rings is 1. The molecule has 0 fully saturated rings. The van der Waals surface area contributed by atoms with Crippen molar-refractivity contribution in [2.45, 2.75) is 36.8 Å². The summed E-state index contributed by atoms with van der Waals surface area (Å²) in [6.07, 6.45) is 0. The van der Waals surface area contributed by atoms with Crippen molar-refractivity contribution in [1.29, 1.82) is 0 Å². The van der Waals surface area contributed by atoms with E-state index < -0.39 is 21.0 Å². The van der Waals surface area contributed by atoms with E-state index in [1.165, 1.54) is 19.1 Å². The number of hydrogen-bond donors (Lipinski definition) is 1. The number of amides is 1. The van der Waals surface area contributed by atoms with Crippen LogP contribution >= 0.6 is 0 Å². The summed E-state index contributed by atoms with van der Waals surface area (Å²) < 4.78 is 23.9. The normalized spacial score (nSPS) is 13.6. The minimum atomic E-state index is -3.66. The molecule has 1 atom stereocenters. The highest BCUT2D eigenvalue weighted by atomic mass is 32.2. The van der Waals surface area contributed by atoms with Gasteiger partial charge in [-0.1, -0.05) is 26.0 Å². The van der Waals surface area contributed by atoms with Gasteiger partial charge in [-0.05, 0) is 30.5 Å². The second-order valence-corrected chi connectivity index (χ2v) is 6.58. The van der Waals surface area contributed by atoms with E-state index in [1.54, 1.807) is 12.1 Å².